The molecule has 6 heteroatoms. The molecule has 0 radical (unpaired) electrons. The number of hydrogen-bond donors (Lipinski definition) is 2. The van der Waals surface area contributed by atoms with E-state index in [0.717, 1.165) is 36.6 Å². The standard InChI is InChI=1S/C9H13ClN4O/c1-14-9(12-8(15)4-10)6-5-11-3-2-7(6)13-14/h11H,2-5H2,1H3,(H,12,15). The number of hydrogen-bond acceptors (Lipinski definition) is 3. The van der Waals surface area contributed by atoms with Crippen molar-refractivity contribution in [3.05, 3.63) is 11.3 Å². The zero-order chi connectivity index (χ0) is 10.8. The minimum Gasteiger partial charge on any atom is -0.312 e. The Labute approximate surface area is 92.8 Å². The smallest absolute Gasteiger partial charge is 0.240 e. The van der Waals surface area contributed by atoms with Crippen LogP contribution in [0.2, 0.25) is 0 Å². The second-order valence-corrected chi connectivity index (χ2v) is 3.77. The molecule has 2 N–H and O–H groups in total. The molecule has 0 saturated heterocycles. The van der Waals surface area contributed by atoms with Crippen molar-refractivity contribution in [1.29, 1.82) is 0 Å². The number of alkyl halides is 1. The molecule has 0 bridgehead atoms. The van der Waals surface area contributed by atoms with Gasteiger partial charge >= 0.3 is 0 Å². The van der Waals surface area contributed by atoms with Gasteiger partial charge in [0, 0.05) is 32.1 Å². The molecule has 1 aromatic rings. The summed E-state index contributed by atoms with van der Waals surface area (Å²) in [5.74, 6) is 0.517. The third kappa shape index (κ3) is 1.98. The van der Waals surface area contributed by atoms with Gasteiger partial charge in [-0.25, -0.2) is 0 Å². The van der Waals surface area contributed by atoms with E-state index in [1.165, 1.54) is 0 Å². The number of aromatic nitrogens is 2. The zero-order valence-corrected chi connectivity index (χ0v) is 9.26. The summed E-state index contributed by atoms with van der Waals surface area (Å²) in [5, 5.41) is 10.4. The Bertz CT molecular complexity index is 388. The molecule has 5 nitrogen and oxygen atoms in total. The number of fused-ring (bicyclic) bond motifs is 1. The first-order valence-corrected chi connectivity index (χ1v) is 5.37. The molecule has 0 aliphatic carbocycles. The molecule has 2 heterocycles. The fourth-order valence-electron chi connectivity index (χ4n) is 1.75. The lowest BCUT2D eigenvalue weighted by Gasteiger charge is -2.13. The van der Waals surface area contributed by atoms with Gasteiger partial charge in [0.1, 0.15) is 11.7 Å². The number of nitrogens with zero attached hydrogens (tertiary/aromatic N) is 2. The van der Waals surface area contributed by atoms with Crippen LogP contribution in [0.4, 0.5) is 5.82 Å². The Morgan fingerprint density at radius 3 is 3.27 bits per heavy atom. The highest BCUT2D eigenvalue weighted by molar-refractivity contribution is 6.29. The molecule has 1 amide bonds. The number of carbonyl (C=O) groups is 1. The van der Waals surface area contributed by atoms with Crippen LogP contribution in [-0.2, 0) is 24.8 Å². The first-order chi connectivity index (χ1) is 7.22. The van der Waals surface area contributed by atoms with Crippen LogP contribution in [0.25, 0.3) is 0 Å². The van der Waals surface area contributed by atoms with E-state index in [9.17, 15) is 4.79 Å². The maximum atomic E-state index is 11.2. The van der Waals surface area contributed by atoms with Gasteiger partial charge in [-0.3, -0.25) is 9.48 Å². The number of halogens is 1. The van der Waals surface area contributed by atoms with Crippen molar-refractivity contribution in [2.75, 3.05) is 17.7 Å². The molecule has 0 saturated carbocycles. The number of rotatable bonds is 2. The van der Waals surface area contributed by atoms with Gasteiger partial charge in [0.25, 0.3) is 0 Å². The Hall–Kier alpha value is -1.07. The predicted octanol–water partition coefficient (Wildman–Crippen LogP) is 0.243. The Balaban J connectivity index is 2.29. The topological polar surface area (TPSA) is 59.0 Å². The van der Waals surface area contributed by atoms with Gasteiger partial charge in [-0.2, -0.15) is 5.10 Å². The molecule has 1 aliphatic heterocycles. The summed E-state index contributed by atoms with van der Waals surface area (Å²) >= 11 is 5.45. The van der Waals surface area contributed by atoms with Gasteiger partial charge in [0.05, 0.1) is 5.69 Å². The molecule has 0 aromatic carbocycles. The summed E-state index contributed by atoms with van der Waals surface area (Å²) in [6.07, 6.45) is 0.903. The van der Waals surface area contributed by atoms with Crippen LogP contribution < -0.4 is 10.6 Å². The molecule has 82 valence electrons. The molecule has 0 spiro atoms. The number of aryl methyl sites for hydroxylation is 1. The summed E-state index contributed by atoms with van der Waals surface area (Å²) < 4.78 is 1.70. The summed E-state index contributed by atoms with van der Waals surface area (Å²) in [4.78, 5) is 11.2. The van der Waals surface area contributed by atoms with Crippen molar-refractivity contribution < 1.29 is 4.79 Å². The van der Waals surface area contributed by atoms with Crippen LogP contribution >= 0.6 is 11.6 Å². The highest BCUT2D eigenvalue weighted by atomic mass is 35.5. The molecule has 1 aromatic heterocycles. The second kappa shape index (κ2) is 4.20. The normalized spacial score (nSPS) is 14.8. The number of amides is 1. The maximum absolute atomic E-state index is 11.2. The molecular weight excluding hydrogens is 216 g/mol. The predicted molar refractivity (Wildman–Crippen MR) is 58.0 cm³/mol. The Morgan fingerprint density at radius 1 is 1.73 bits per heavy atom. The van der Waals surface area contributed by atoms with Crippen LogP contribution in [0.15, 0.2) is 0 Å². The van der Waals surface area contributed by atoms with Crippen LogP contribution in [0.3, 0.4) is 0 Å². The largest absolute Gasteiger partial charge is 0.312 e. The summed E-state index contributed by atoms with van der Waals surface area (Å²) in [7, 11) is 1.82. The van der Waals surface area contributed by atoms with E-state index in [4.69, 9.17) is 11.6 Å². The van der Waals surface area contributed by atoms with Gasteiger partial charge in [-0.05, 0) is 0 Å². The lowest BCUT2D eigenvalue weighted by molar-refractivity contribution is -0.114. The van der Waals surface area contributed by atoms with Gasteiger partial charge < -0.3 is 10.6 Å². The van der Waals surface area contributed by atoms with Gasteiger partial charge in [0.2, 0.25) is 5.91 Å². The molecule has 0 atom stereocenters. The third-order valence-electron chi connectivity index (χ3n) is 2.45. The first-order valence-electron chi connectivity index (χ1n) is 4.83. The van der Waals surface area contributed by atoms with Gasteiger partial charge in [0.15, 0.2) is 0 Å². The van der Waals surface area contributed by atoms with Gasteiger partial charge in [-0.1, -0.05) is 0 Å². The molecule has 15 heavy (non-hydrogen) atoms. The van der Waals surface area contributed by atoms with Crippen molar-refractivity contribution in [3.63, 3.8) is 0 Å². The SMILES string of the molecule is Cn1nc2c(c1NC(=O)CCl)CNCC2. The van der Waals surface area contributed by atoms with Crippen molar-refractivity contribution in [1.82, 2.24) is 15.1 Å². The lowest BCUT2D eigenvalue weighted by atomic mass is 10.1. The fraction of sp³-hybridized carbons (Fsp3) is 0.556. The van der Waals surface area contributed by atoms with E-state index < -0.39 is 0 Å². The molecular formula is C9H13ClN4O. The van der Waals surface area contributed by atoms with Crippen LogP contribution in [0, 0.1) is 0 Å². The van der Waals surface area contributed by atoms with E-state index in [0.29, 0.717) is 0 Å². The molecule has 0 fully saturated rings. The van der Waals surface area contributed by atoms with Crippen molar-refractivity contribution >= 4 is 23.3 Å². The van der Waals surface area contributed by atoms with Crippen molar-refractivity contribution in [2.24, 2.45) is 7.05 Å². The van der Waals surface area contributed by atoms with Crippen LogP contribution in [0.1, 0.15) is 11.3 Å². The highest BCUT2D eigenvalue weighted by Gasteiger charge is 2.19. The van der Waals surface area contributed by atoms with Crippen LogP contribution in [-0.4, -0.2) is 28.1 Å². The summed E-state index contributed by atoms with van der Waals surface area (Å²) in [6, 6.07) is 0. The number of nitrogens with one attached hydrogen (secondary N) is 2. The number of carbonyl (C=O) groups excluding carboxylic acids is 1. The zero-order valence-electron chi connectivity index (χ0n) is 8.51. The lowest BCUT2D eigenvalue weighted by Crippen LogP contribution is -2.24. The average molecular weight is 229 g/mol. The average Bonchev–Trinajstić information content (AvgIpc) is 2.55. The maximum Gasteiger partial charge on any atom is 0.240 e. The first kappa shape index (κ1) is 10.4. The van der Waals surface area contributed by atoms with Crippen LogP contribution in [0.5, 0.6) is 0 Å². The number of anilines is 1. The quantitative estimate of drug-likeness (QED) is 0.714. The van der Waals surface area contributed by atoms with E-state index in [-0.39, 0.29) is 11.8 Å². The Morgan fingerprint density at radius 2 is 2.53 bits per heavy atom. The van der Waals surface area contributed by atoms with Crippen molar-refractivity contribution in [2.45, 2.75) is 13.0 Å². The molecule has 1 aliphatic rings. The Kier molecular flexibility index (Phi) is 2.93. The highest BCUT2D eigenvalue weighted by Crippen LogP contribution is 2.21. The van der Waals surface area contributed by atoms with E-state index in [1.54, 1.807) is 4.68 Å². The molecule has 0 unspecified atom stereocenters. The summed E-state index contributed by atoms with van der Waals surface area (Å²) in [6.45, 7) is 1.69. The second-order valence-electron chi connectivity index (χ2n) is 3.51. The van der Waals surface area contributed by atoms with E-state index in [1.807, 2.05) is 7.05 Å². The monoisotopic (exact) mass is 228 g/mol. The fourth-order valence-corrected chi connectivity index (χ4v) is 1.82. The van der Waals surface area contributed by atoms with E-state index in [2.05, 4.69) is 15.7 Å². The minimum absolute atomic E-state index is 0.0343. The van der Waals surface area contributed by atoms with Gasteiger partial charge in [-0.15, -0.1) is 11.6 Å². The third-order valence-corrected chi connectivity index (χ3v) is 2.69. The van der Waals surface area contributed by atoms with E-state index >= 15 is 0 Å². The van der Waals surface area contributed by atoms with Crippen molar-refractivity contribution in [3.8, 4) is 0 Å². The minimum atomic E-state index is -0.201. The summed E-state index contributed by atoms with van der Waals surface area (Å²) in [5.41, 5.74) is 2.13. The molecule has 2 rings (SSSR count).